The van der Waals surface area contributed by atoms with Gasteiger partial charge in [-0.25, -0.2) is 9.07 Å². The molecule has 1 aliphatic rings. The Labute approximate surface area is 156 Å². The lowest BCUT2D eigenvalue weighted by Crippen LogP contribution is -2.37. The second-order valence-electron chi connectivity index (χ2n) is 6.65. The maximum atomic E-state index is 13.1. The summed E-state index contributed by atoms with van der Waals surface area (Å²) in [5, 5.41) is 14.3. The molecule has 1 atom stereocenters. The van der Waals surface area contributed by atoms with Gasteiger partial charge in [-0.15, -0.1) is 5.10 Å². The predicted octanol–water partition coefficient (Wildman–Crippen LogP) is 1.03. The predicted molar refractivity (Wildman–Crippen MR) is 95.1 cm³/mol. The Morgan fingerprint density at radius 1 is 1.33 bits per heavy atom. The largest absolute Gasteiger partial charge is 0.354 e. The van der Waals surface area contributed by atoms with Gasteiger partial charge in [0.1, 0.15) is 17.7 Å². The zero-order valence-corrected chi connectivity index (χ0v) is 15.3. The zero-order valence-electron chi connectivity index (χ0n) is 15.3. The van der Waals surface area contributed by atoms with Crippen LogP contribution in [0.2, 0.25) is 0 Å². The Morgan fingerprint density at radius 2 is 2.11 bits per heavy atom. The third kappa shape index (κ3) is 4.87. The number of hydrogen-bond donors (Lipinski definition) is 1. The molecule has 0 radical (unpaired) electrons. The fraction of sp³-hybridized carbons (Fsp3) is 0.500. The van der Waals surface area contributed by atoms with E-state index in [1.54, 1.807) is 19.1 Å². The van der Waals surface area contributed by atoms with E-state index in [1.807, 2.05) is 4.90 Å². The smallest absolute Gasteiger partial charge is 0.245 e. The Balaban J connectivity index is 1.59. The third-order valence-corrected chi connectivity index (χ3v) is 4.67. The quantitative estimate of drug-likeness (QED) is 0.697. The molecule has 8 nitrogen and oxygen atoms in total. The molecular weight excluding hydrogens is 351 g/mol. The van der Waals surface area contributed by atoms with Crippen LogP contribution < -0.4 is 5.32 Å². The fourth-order valence-electron chi connectivity index (χ4n) is 3.20. The van der Waals surface area contributed by atoms with E-state index in [4.69, 9.17) is 0 Å². The minimum atomic E-state index is -0.626. The number of aromatic nitrogens is 4. The van der Waals surface area contributed by atoms with E-state index in [-0.39, 0.29) is 17.6 Å². The minimum Gasteiger partial charge on any atom is -0.354 e. The normalized spacial score (nSPS) is 15.2. The number of tetrazole rings is 1. The first-order valence-corrected chi connectivity index (χ1v) is 9.09. The molecule has 3 rings (SSSR count). The van der Waals surface area contributed by atoms with Crippen molar-refractivity contribution in [2.24, 2.45) is 0 Å². The Hall–Kier alpha value is -2.84. The number of carbonyl (C=O) groups is 2. The van der Waals surface area contributed by atoms with Gasteiger partial charge in [0.05, 0.1) is 0 Å². The topological polar surface area (TPSA) is 93.0 Å². The molecule has 9 heteroatoms. The fourth-order valence-corrected chi connectivity index (χ4v) is 3.20. The molecule has 1 aromatic heterocycles. The molecule has 1 saturated heterocycles. The van der Waals surface area contributed by atoms with Crippen molar-refractivity contribution in [3.63, 3.8) is 0 Å². The van der Waals surface area contributed by atoms with E-state index < -0.39 is 6.04 Å². The molecule has 0 aliphatic carbocycles. The van der Waals surface area contributed by atoms with E-state index >= 15 is 0 Å². The second kappa shape index (κ2) is 8.70. The molecule has 2 aromatic rings. The van der Waals surface area contributed by atoms with E-state index in [2.05, 4.69) is 20.8 Å². The standard InChI is InChI=1S/C18H23FN6O2/c1-13-21-22-23-25(13)16(12-14-5-7-15(19)8-6-14)18(27)20-9-3-11-24-10-2-4-17(24)26/h5-8,16H,2-4,9-12H2,1H3,(H,20,27). The van der Waals surface area contributed by atoms with Crippen molar-refractivity contribution in [3.8, 4) is 0 Å². The van der Waals surface area contributed by atoms with Crippen LogP contribution in [0.4, 0.5) is 4.39 Å². The first-order chi connectivity index (χ1) is 13.0. The number of nitrogens with one attached hydrogen (secondary N) is 1. The van der Waals surface area contributed by atoms with Crippen molar-refractivity contribution in [3.05, 3.63) is 41.5 Å². The first-order valence-electron chi connectivity index (χ1n) is 9.09. The lowest BCUT2D eigenvalue weighted by molar-refractivity contribution is -0.127. The zero-order chi connectivity index (χ0) is 19.2. The van der Waals surface area contributed by atoms with Crippen LogP contribution in [0.25, 0.3) is 0 Å². The molecule has 0 bridgehead atoms. The highest BCUT2D eigenvalue weighted by Gasteiger charge is 2.24. The molecular formula is C18H23FN6O2. The van der Waals surface area contributed by atoms with E-state index in [0.717, 1.165) is 18.5 Å². The second-order valence-corrected chi connectivity index (χ2v) is 6.65. The van der Waals surface area contributed by atoms with Crippen molar-refractivity contribution >= 4 is 11.8 Å². The summed E-state index contributed by atoms with van der Waals surface area (Å²) in [6.45, 7) is 3.63. The minimum absolute atomic E-state index is 0.180. The van der Waals surface area contributed by atoms with Gasteiger partial charge >= 0.3 is 0 Å². The number of halogens is 1. The molecule has 1 aliphatic heterocycles. The Bertz CT molecular complexity index is 791. The van der Waals surface area contributed by atoms with Crippen LogP contribution in [0, 0.1) is 12.7 Å². The summed E-state index contributed by atoms with van der Waals surface area (Å²) >= 11 is 0. The summed E-state index contributed by atoms with van der Waals surface area (Å²) < 4.78 is 14.6. The van der Waals surface area contributed by atoms with E-state index in [0.29, 0.717) is 38.2 Å². The highest BCUT2D eigenvalue weighted by molar-refractivity contribution is 5.80. The van der Waals surface area contributed by atoms with Crippen LogP contribution in [0.5, 0.6) is 0 Å². The van der Waals surface area contributed by atoms with Gasteiger partial charge < -0.3 is 10.2 Å². The van der Waals surface area contributed by atoms with Crippen LogP contribution in [-0.4, -0.2) is 56.6 Å². The van der Waals surface area contributed by atoms with Gasteiger partial charge in [-0.1, -0.05) is 12.1 Å². The number of hydrogen-bond acceptors (Lipinski definition) is 5. The summed E-state index contributed by atoms with van der Waals surface area (Å²) in [7, 11) is 0. The number of benzene rings is 1. The number of likely N-dealkylation sites (tertiary alicyclic amines) is 1. The summed E-state index contributed by atoms with van der Waals surface area (Å²) in [5.74, 6) is 0.178. The van der Waals surface area contributed by atoms with Crippen molar-refractivity contribution in [1.29, 1.82) is 0 Å². The van der Waals surface area contributed by atoms with E-state index in [1.165, 1.54) is 16.8 Å². The number of carbonyl (C=O) groups excluding carboxylic acids is 2. The van der Waals surface area contributed by atoms with Gasteiger partial charge in [-0.3, -0.25) is 9.59 Å². The van der Waals surface area contributed by atoms with Gasteiger partial charge in [0.15, 0.2) is 0 Å². The maximum absolute atomic E-state index is 13.1. The summed E-state index contributed by atoms with van der Waals surface area (Å²) in [5.41, 5.74) is 0.814. The molecule has 144 valence electrons. The molecule has 1 N–H and O–H groups in total. The van der Waals surface area contributed by atoms with Crippen LogP contribution in [0.15, 0.2) is 24.3 Å². The van der Waals surface area contributed by atoms with Crippen molar-refractivity contribution in [2.45, 2.75) is 38.6 Å². The summed E-state index contributed by atoms with van der Waals surface area (Å²) in [6.07, 6.45) is 2.56. The van der Waals surface area contributed by atoms with Gasteiger partial charge in [0.25, 0.3) is 0 Å². The van der Waals surface area contributed by atoms with Gasteiger partial charge in [0.2, 0.25) is 11.8 Å². The molecule has 27 heavy (non-hydrogen) atoms. The Kier molecular flexibility index (Phi) is 6.10. The molecule has 0 spiro atoms. The van der Waals surface area contributed by atoms with Crippen LogP contribution >= 0.6 is 0 Å². The highest BCUT2D eigenvalue weighted by atomic mass is 19.1. The highest BCUT2D eigenvalue weighted by Crippen LogP contribution is 2.16. The Morgan fingerprint density at radius 3 is 2.74 bits per heavy atom. The molecule has 1 fully saturated rings. The number of aryl methyl sites for hydroxylation is 1. The molecule has 0 saturated carbocycles. The molecule has 2 amide bonds. The number of nitrogens with zero attached hydrogens (tertiary/aromatic N) is 5. The van der Waals surface area contributed by atoms with Gasteiger partial charge in [-0.2, -0.15) is 0 Å². The molecule has 1 aromatic carbocycles. The van der Waals surface area contributed by atoms with Crippen LogP contribution in [0.3, 0.4) is 0 Å². The average molecular weight is 374 g/mol. The van der Waals surface area contributed by atoms with E-state index in [9.17, 15) is 14.0 Å². The van der Waals surface area contributed by atoms with Crippen molar-refractivity contribution < 1.29 is 14.0 Å². The molecule has 1 unspecified atom stereocenters. The number of rotatable bonds is 8. The lowest BCUT2D eigenvalue weighted by atomic mass is 10.1. The third-order valence-electron chi connectivity index (χ3n) is 4.67. The SMILES string of the molecule is Cc1nnnn1C(Cc1ccc(F)cc1)C(=O)NCCCN1CCCC1=O. The monoisotopic (exact) mass is 374 g/mol. The van der Waals surface area contributed by atoms with Gasteiger partial charge in [-0.05, 0) is 47.9 Å². The average Bonchev–Trinajstić information content (AvgIpc) is 3.26. The lowest BCUT2D eigenvalue weighted by Gasteiger charge is -2.19. The van der Waals surface area contributed by atoms with Crippen LogP contribution in [-0.2, 0) is 16.0 Å². The maximum Gasteiger partial charge on any atom is 0.245 e. The first kappa shape index (κ1) is 18.9. The summed E-state index contributed by atoms with van der Waals surface area (Å²) in [4.78, 5) is 26.2. The molecule has 2 heterocycles. The summed E-state index contributed by atoms with van der Waals surface area (Å²) in [6, 6.07) is 5.40. The van der Waals surface area contributed by atoms with Crippen molar-refractivity contribution in [2.75, 3.05) is 19.6 Å². The van der Waals surface area contributed by atoms with Gasteiger partial charge in [0, 0.05) is 32.5 Å². The van der Waals surface area contributed by atoms with Crippen LogP contribution in [0.1, 0.15) is 36.7 Å². The van der Waals surface area contributed by atoms with Crippen molar-refractivity contribution in [1.82, 2.24) is 30.4 Å². The number of amides is 2.